The van der Waals surface area contributed by atoms with Crippen molar-refractivity contribution < 1.29 is 9.90 Å². The standard InChI is InChI=1S/C15H24N4O2S/c20-9-7-11-6-8-19(10-11)15(21)16-14-18-17-13(22-14)12-4-2-1-3-5-12/h11-12,20H,1-10H2,(H,16,18,21)/t11-/m0/s1. The Hall–Kier alpha value is -1.21. The van der Waals surface area contributed by atoms with Crippen LogP contribution >= 0.6 is 11.3 Å². The molecule has 0 unspecified atom stereocenters. The molecule has 122 valence electrons. The van der Waals surface area contributed by atoms with Crippen molar-refractivity contribution in [1.29, 1.82) is 0 Å². The molecule has 1 atom stereocenters. The Bertz CT molecular complexity index is 501. The second kappa shape index (κ2) is 7.37. The van der Waals surface area contributed by atoms with E-state index in [4.69, 9.17) is 5.11 Å². The van der Waals surface area contributed by atoms with Crippen LogP contribution in [0.4, 0.5) is 9.93 Å². The predicted octanol–water partition coefficient (Wildman–Crippen LogP) is 2.82. The van der Waals surface area contributed by atoms with Gasteiger partial charge in [-0.15, -0.1) is 10.2 Å². The van der Waals surface area contributed by atoms with Crippen molar-refractivity contribution in [1.82, 2.24) is 15.1 Å². The number of anilines is 1. The van der Waals surface area contributed by atoms with Crippen molar-refractivity contribution in [3.63, 3.8) is 0 Å². The molecule has 0 spiro atoms. The third kappa shape index (κ3) is 3.76. The van der Waals surface area contributed by atoms with Gasteiger partial charge in [0.15, 0.2) is 0 Å². The highest BCUT2D eigenvalue weighted by atomic mass is 32.1. The van der Waals surface area contributed by atoms with Crippen molar-refractivity contribution in [2.45, 2.75) is 50.9 Å². The Morgan fingerprint density at radius 3 is 2.86 bits per heavy atom. The zero-order valence-corrected chi connectivity index (χ0v) is 13.6. The summed E-state index contributed by atoms with van der Waals surface area (Å²) in [6.07, 6.45) is 7.99. The summed E-state index contributed by atoms with van der Waals surface area (Å²) in [7, 11) is 0. The molecule has 3 rings (SSSR count). The zero-order valence-electron chi connectivity index (χ0n) is 12.8. The number of carbonyl (C=O) groups excluding carboxylic acids is 1. The molecule has 6 nitrogen and oxygen atoms in total. The second-order valence-electron chi connectivity index (χ2n) is 6.32. The number of aliphatic hydroxyl groups excluding tert-OH is 1. The minimum atomic E-state index is -0.0909. The molecule has 0 aromatic carbocycles. The van der Waals surface area contributed by atoms with Crippen molar-refractivity contribution in [2.24, 2.45) is 5.92 Å². The monoisotopic (exact) mass is 324 g/mol. The summed E-state index contributed by atoms with van der Waals surface area (Å²) in [5.41, 5.74) is 0. The lowest BCUT2D eigenvalue weighted by molar-refractivity contribution is 0.217. The van der Waals surface area contributed by atoms with E-state index >= 15 is 0 Å². The molecule has 22 heavy (non-hydrogen) atoms. The number of rotatable bonds is 4. The SMILES string of the molecule is O=C(Nc1nnc(C2CCCCC2)s1)N1CC[C@@H](CCO)C1. The highest BCUT2D eigenvalue weighted by Crippen LogP contribution is 2.35. The summed E-state index contributed by atoms with van der Waals surface area (Å²) >= 11 is 1.52. The number of nitrogens with zero attached hydrogens (tertiary/aromatic N) is 3. The van der Waals surface area contributed by atoms with Gasteiger partial charge >= 0.3 is 6.03 Å². The number of hydrogen-bond acceptors (Lipinski definition) is 5. The molecular formula is C15H24N4O2S. The fourth-order valence-corrected chi connectivity index (χ4v) is 4.31. The highest BCUT2D eigenvalue weighted by Gasteiger charge is 2.27. The van der Waals surface area contributed by atoms with Gasteiger partial charge < -0.3 is 10.0 Å². The largest absolute Gasteiger partial charge is 0.396 e. The molecule has 7 heteroatoms. The summed E-state index contributed by atoms with van der Waals surface area (Å²) in [6, 6.07) is -0.0909. The van der Waals surface area contributed by atoms with E-state index in [1.807, 2.05) is 4.90 Å². The maximum Gasteiger partial charge on any atom is 0.323 e. The first kappa shape index (κ1) is 15.7. The van der Waals surface area contributed by atoms with Crippen LogP contribution in [0, 0.1) is 5.92 Å². The topological polar surface area (TPSA) is 78.4 Å². The van der Waals surface area contributed by atoms with E-state index in [1.165, 1.54) is 43.4 Å². The van der Waals surface area contributed by atoms with Gasteiger partial charge in [-0.3, -0.25) is 5.32 Å². The molecule has 2 heterocycles. The summed E-state index contributed by atoms with van der Waals surface area (Å²) in [4.78, 5) is 14.0. The van der Waals surface area contributed by atoms with Crippen LogP contribution < -0.4 is 5.32 Å². The molecule has 2 fully saturated rings. The van der Waals surface area contributed by atoms with Crippen LogP contribution in [0.1, 0.15) is 55.9 Å². The lowest BCUT2D eigenvalue weighted by atomic mass is 9.90. The average Bonchev–Trinajstić information content (AvgIpc) is 3.18. The van der Waals surface area contributed by atoms with Crippen molar-refractivity contribution in [2.75, 3.05) is 25.0 Å². The maximum atomic E-state index is 12.2. The first-order valence-corrected chi connectivity index (χ1v) is 9.08. The molecule has 1 aromatic rings. The van der Waals surface area contributed by atoms with Crippen molar-refractivity contribution in [3.05, 3.63) is 5.01 Å². The smallest absolute Gasteiger partial charge is 0.323 e. The van der Waals surface area contributed by atoms with Gasteiger partial charge in [-0.25, -0.2) is 4.79 Å². The average molecular weight is 324 g/mol. The van der Waals surface area contributed by atoms with E-state index < -0.39 is 0 Å². The van der Waals surface area contributed by atoms with Gasteiger partial charge in [-0.1, -0.05) is 30.6 Å². The van der Waals surface area contributed by atoms with Crippen LogP contribution in [0.15, 0.2) is 0 Å². The molecule has 1 saturated heterocycles. The van der Waals surface area contributed by atoms with Gasteiger partial charge in [-0.05, 0) is 31.6 Å². The molecule has 1 aliphatic carbocycles. The molecule has 1 saturated carbocycles. The van der Waals surface area contributed by atoms with Crippen molar-refractivity contribution in [3.8, 4) is 0 Å². The normalized spacial score (nSPS) is 23.0. The van der Waals surface area contributed by atoms with Crippen LogP contribution in [-0.4, -0.2) is 45.9 Å². The molecule has 2 amide bonds. The van der Waals surface area contributed by atoms with E-state index in [0.29, 0.717) is 17.0 Å². The summed E-state index contributed by atoms with van der Waals surface area (Å²) in [5.74, 6) is 0.945. The number of carbonyl (C=O) groups is 1. The van der Waals surface area contributed by atoms with E-state index in [-0.39, 0.29) is 12.6 Å². The van der Waals surface area contributed by atoms with Crippen LogP contribution in [0.25, 0.3) is 0 Å². The van der Waals surface area contributed by atoms with Crippen LogP contribution in [0.2, 0.25) is 0 Å². The van der Waals surface area contributed by atoms with E-state index in [9.17, 15) is 4.79 Å². The summed E-state index contributed by atoms with van der Waals surface area (Å²) in [6.45, 7) is 1.67. The van der Waals surface area contributed by atoms with Gasteiger partial charge in [0.2, 0.25) is 5.13 Å². The number of aromatic nitrogens is 2. The Kier molecular flexibility index (Phi) is 5.25. The third-order valence-electron chi connectivity index (χ3n) is 4.72. The zero-order chi connectivity index (χ0) is 15.4. The fraction of sp³-hybridized carbons (Fsp3) is 0.800. The number of amides is 2. The van der Waals surface area contributed by atoms with Crippen molar-refractivity contribution >= 4 is 22.5 Å². The highest BCUT2D eigenvalue weighted by molar-refractivity contribution is 7.15. The summed E-state index contributed by atoms with van der Waals surface area (Å²) in [5, 5.41) is 21.9. The molecule has 0 radical (unpaired) electrons. The first-order chi connectivity index (χ1) is 10.8. The number of nitrogens with one attached hydrogen (secondary N) is 1. The Morgan fingerprint density at radius 2 is 2.09 bits per heavy atom. The number of hydrogen-bond donors (Lipinski definition) is 2. The number of aliphatic hydroxyl groups is 1. The fourth-order valence-electron chi connectivity index (χ4n) is 3.41. The molecule has 0 bridgehead atoms. The number of urea groups is 1. The molecule has 2 aliphatic rings. The van der Waals surface area contributed by atoms with Crippen LogP contribution in [0.3, 0.4) is 0 Å². The first-order valence-electron chi connectivity index (χ1n) is 8.26. The van der Waals surface area contributed by atoms with Gasteiger partial charge in [0.05, 0.1) is 0 Å². The quantitative estimate of drug-likeness (QED) is 0.892. The maximum absolute atomic E-state index is 12.2. The van der Waals surface area contributed by atoms with E-state index in [1.54, 1.807) is 0 Å². The third-order valence-corrected chi connectivity index (χ3v) is 5.72. The molecular weight excluding hydrogens is 300 g/mol. The predicted molar refractivity (Wildman–Crippen MR) is 86.1 cm³/mol. The Labute approximate surface area is 134 Å². The van der Waals surface area contributed by atoms with Gasteiger partial charge in [0.25, 0.3) is 0 Å². The molecule has 1 aliphatic heterocycles. The number of likely N-dealkylation sites (tertiary alicyclic amines) is 1. The lowest BCUT2D eigenvalue weighted by Crippen LogP contribution is -2.33. The van der Waals surface area contributed by atoms with Gasteiger partial charge in [0.1, 0.15) is 5.01 Å². The van der Waals surface area contributed by atoms with Gasteiger partial charge in [0, 0.05) is 25.6 Å². The van der Waals surface area contributed by atoms with E-state index in [2.05, 4.69) is 15.5 Å². The van der Waals surface area contributed by atoms with Crippen LogP contribution in [-0.2, 0) is 0 Å². The summed E-state index contributed by atoms with van der Waals surface area (Å²) < 4.78 is 0. The minimum absolute atomic E-state index is 0.0909. The lowest BCUT2D eigenvalue weighted by Gasteiger charge is -2.18. The molecule has 1 aromatic heterocycles. The minimum Gasteiger partial charge on any atom is -0.396 e. The Morgan fingerprint density at radius 1 is 1.27 bits per heavy atom. The van der Waals surface area contributed by atoms with E-state index in [0.717, 1.165) is 30.9 Å². The van der Waals surface area contributed by atoms with Gasteiger partial charge in [-0.2, -0.15) is 0 Å². The molecule has 2 N–H and O–H groups in total. The second-order valence-corrected chi connectivity index (χ2v) is 7.33. The van der Waals surface area contributed by atoms with Crippen LogP contribution in [0.5, 0.6) is 0 Å². The Balaban J connectivity index is 1.52.